The molecule has 1 atom stereocenters. The molecule has 2 rings (SSSR count). The highest BCUT2D eigenvalue weighted by Gasteiger charge is 2.25. The number of halogens is 1. The van der Waals surface area contributed by atoms with E-state index in [1.807, 2.05) is 4.90 Å². The number of nitrogens with zero attached hydrogens (tertiary/aromatic N) is 1. The first-order valence-corrected chi connectivity index (χ1v) is 8.12. The lowest BCUT2D eigenvalue weighted by Gasteiger charge is -2.33. The van der Waals surface area contributed by atoms with Gasteiger partial charge in [-0.3, -0.25) is 4.79 Å². The summed E-state index contributed by atoms with van der Waals surface area (Å²) in [6.07, 6.45) is 3.26. The van der Waals surface area contributed by atoms with Gasteiger partial charge in [0.25, 0.3) is 5.91 Å². The Balaban J connectivity index is 0.00000200. The number of piperazine rings is 1. The first kappa shape index (κ1) is 17.5. The van der Waals surface area contributed by atoms with Gasteiger partial charge in [-0.05, 0) is 31.4 Å². The molecule has 1 N–H and O–H groups in total. The lowest BCUT2D eigenvalue weighted by atomic mass is 10.1. The van der Waals surface area contributed by atoms with Gasteiger partial charge in [0, 0.05) is 30.6 Å². The molecule has 1 amide bonds. The molecule has 2 heterocycles. The second-order valence-electron chi connectivity index (χ2n) is 5.21. The van der Waals surface area contributed by atoms with Crippen LogP contribution in [0.25, 0.3) is 0 Å². The third kappa shape index (κ3) is 3.74. The van der Waals surface area contributed by atoms with E-state index in [-0.39, 0.29) is 18.3 Å². The van der Waals surface area contributed by atoms with Crippen LogP contribution in [0.5, 0.6) is 0 Å². The van der Waals surface area contributed by atoms with Crippen molar-refractivity contribution in [3.63, 3.8) is 0 Å². The van der Waals surface area contributed by atoms with Crippen LogP contribution in [-0.4, -0.2) is 36.5 Å². The molecule has 1 aliphatic heterocycles. The van der Waals surface area contributed by atoms with E-state index in [1.54, 1.807) is 11.3 Å². The molecular formula is C15H25ClN2OS. The van der Waals surface area contributed by atoms with E-state index in [4.69, 9.17) is 0 Å². The fourth-order valence-electron chi connectivity index (χ4n) is 2.59. The highest BCUT2D eigenvalue weighted by Crippen LogP contribution is 2.26. The van der Waals surface area contributed by atoms with E-state index >= 15 is 0 Å². The van der Waals surface area contributed by atoms with Crippen molar-refractivity contribution in [1.29, 1.82) is 0 Å². The molecule has 1 aromatic heterocycles. The smallest absolute Gasteiger partial charge is 0.264 e. The highest BCUT2D eigenvalue weighted by molar-refractivity contribution is 7.14. The Morgan fingerprint density at radius 1 is 1.50 bits per heavy atom. The normalized spacial score (nSPS) is 18.8. The maximum absolute atomic E-state index is 12.6. The first-order chi connectivity index (χ1) is 9.17. The van der Waals surface area contributed by atoms with Gasteiger partial charge in [-0.1, -0.05) is 20.3 Å². The monoisotopic (exact) mass is 316 g/mol. The number of nitrogens with one attached hydrogen (secondary N) is 1. The Morgan fingerprint density at radius 3 is 2.85 bits per heavy atom. The molecule has 3 nitrogen and oxygen atoms in total. The summed E-state index contributed by atoms with van der Waals surface area (Å²) in [5.74, 6) is 0.219. The van der Waals surface area contributed by atoms with E-state index in [0.717, 1.165) is 43.8 Å². The van der Waals surface area contributed by atoms with Gasteiger partial charge in [0.15, 0.2) is 0 Å². The molecule has 5 heteroatoms. The molecule has 1 saturated heterocycles. The van der Waals surface area contributed by atoms with Crippen molar-refractivity contribution < 1.29 is 4.79 Å². The fourth-order valence-corrected chi connectivity index (χ4v) is 3.91. The minimum Gasteiger partial charge on any atom is -0.333 e. The minimum absolute atomic E-state index is 0. The third-order valence-corrected chi connectivity index (χ3v) is 4.95. The molecule has 114 valence electrons. The lowest BCUT2D eigenvalue weighted by molar-refractivity contribution is 0.0660. The Labute approximate surface area is 132 Å². The van der Waals surface area contributed by atoms with Crippen LogP contribution in [-0.2, 0) is 12.8 Å². The molecule has 1 fully saturated rings. The van der Waals surface area contributed by atoms with Crippen molar-refractivity contribution in [2.75, 3.05) is 19.6 Å². The summed E-state index contributed by atoms with van der Waals surface area (Å²) in [5, 5.41) is 3.33. The number of aryl methyl sites for hydroxylation is 2. The van der Waals surface area contributed by atoms with Crippen molar-refractivity contribution in [1.82, 2.24) is 10.2 Å². The van der Waals surface area contributed by atoms with Crippen molar-refractivity contribution in [2.45, 2.75) is 46.1 Å². The molecule has 0 spiro atoms. The van der Waals surface area contributed by atoms with Crippen LogP contribution in [0.2, 0.25) is 0 Å². The van der Waals surface area contributed by atoms with Gasteiger partial charge >= 0.3 is 0 Å². The molecule has 0 unspecified atom stereocenters. The number of rotatable bonds is 4. The molecular weight excluding hydrogens is 292 g/mol. The largest absolute Gasteiger partial charge is 0.333 e. The Bertz CT molecular complexity index is 447. The predicted molar refractivity (Wildman–Crippen MR) is 88.3 cm³/mol. The summed E-state index contributed by atoms with van der Waals surface area (Å²) >= 11 is 1.70. The molecule has 20 heavy (non-hydrogen) atoms. The average Bonchev–Trinajstić information content (AvgIpc) is 2.82. The Hall–Kier alpha value is -0.580. The van der Waals surface area contributed by atoms with Gasteiger partial charge in [-0.25, -0.2) is 0 Å². The topological polar surface area (TPSA) is 32.3 Å². The summed E-state index contributed by atoms with van der Waals surface area (Å²) in [7, 11) is 0. The maximum atomic E-state index is 12.6. The SMILES string of the molecule is CCCc1sc(C(=O)N2CCNC[C@@H]2C)cc1CC.Cl. The second kappa shape index (κ2) is 8.01. The number of carbonyl (C=O) groups excluding carboxylic acids is 1. The number of hydrogen-bond donors (Lipinski definition) is 1. The average molecular weight is 317 g/mol. The van der Waals surface area contributed by atoms with Gasteiger partial charge < -0.3 is 10.2 Å². The van der Waals surface area contributed by atoms with Crippen molar-refractivity contribution in [3.8, 4) is 0 Å². The summed E-state index contributed by atoms with van der Waals surface area (Å²) in [5.41, 5.74) is 1.36. The lowest BCUT2D eigenvalue weighted by Crippen LogP contribution is -2.52. The summed E-state index contributed by atoms with van der Waals surface area (Å²) in [6.45, 7) is 9.11. The summed E-state index contributed by atoms with van der Waals surface area (Å²) in [4.78, 5) is 16.9. The fraction of sp³-hybridized carbons (Fsp3) is 0.667. The minimum atomic E-state index is 0. The quantitative estimate of drug-likeness (QED) is 0.925. The Morgan fingerprint density at radius 2 is 2.25 bits per heavy atom. The van der Waals surface area contributed by atoms with Crippen LogP contribution in [0.3, 0.4) is 0 Å². The molecule has 1 aromatic rings. The van der Waals surface area contributed by atoms with E-state index in [0.29, 0.717) is 6.04 Å². The van der Waals surface area contributed by atoms with Crippen molar-refractivity contribution >= 4 is 29.7 Å². The van der Waals surface area contributed by atoms with Crippen molar-refractivity contribution in [3.05, 3.63) is 21.4 Å². The van der Waals surface area contributed by atoms with Crippen LogP contribution in [0, 0.1) is 0 Å². The number of amides is 1. The summed E-state index contributed by atoms with van der Waals surface area (Å²) in [6, 6.07) is 2.41. The number of carbonyl (C=O) groups is 1. The molecule has 1 aliphatic rings. The van der Waals surface area contributed by atoms with Gasteiger partial charge in [0.1, 0.15) is 0 Å². The van der Waals surface area contributed by atoms with Crippen LogP contribution >= 0.6 is 23.7 Å². The Kier molecular flexibility index (Phi) is 7.00. The standard InChI is InChI=1S/C15H24N2OS.ClH/c1-4-6-13-12(5-2)9-14(19-13)15(18)17-8-7-16-10-11(17)3;/h9,11,16H,4-8,10H2,1-3H3;1H/t11-;/m0./s1. The van der Waals surface area contributed by atoms with E-state index < -0.39 is 0 Å². The highest BCUT2D eigenvalue weighted by atomic mass is 35.5. The number of thiophene rings is 1. The van der Waals surface area contributed by atoms with Gasteiger partial charge in [-0.2, -0.15) is 0 Å². The molecule has 0 saturated carbocycles. The zero-order valence-electron chi connectivity index (χ0n) is 12.6. The van der Waals surface area contributed by atoms with Gasteiger partial charge in [0.2, 0.25) is 0 Å². The molecule has 0 bridgehead atoms. The third-order valence-electron chi connectivity index (χ3n) is 3.73. The first-order valence-electron chi connectivity index (χ1n) is 7.30. The van der Waals surface area contributed by atoms with Gasteiger partial charge in [0.05, 0.1) is 4.88 Å². The van der Waals surface area contributed by atoms with E-state index in [1.165, 1.54) is 10.4 Å². The van der Waals surface area contributed by atoms with Gasteiger partial charge in [-0.15, -0.1) is 23.7 Å². The van der Waals surface area contributed by atoms with E-state index in [2.05, 4.69) is 32.2 Å². The maximum Gasteiger partial charge on any atom is 0.264 e. The molecule has 0 radical (unpaired) electrons. The zero-order chi connectivity index (χ0) is 13.8. The van der Waals surface area contributed by atoms with Crippen LogP contribution in [0.4, 0.5) is 0 Å². The number of hydrogen-bond acceptors (Lipinski definition) is 3. The van der Waals surface area contributed by atoms with Crippen LogP contribution < -0.4 is 5.32 Å². The van der Waals surface area contributed by atoms with Crippen LogP contribution in [0.1, 0.15) is 47.3 Å². The van der Waals surface area contributed by atoms with Crippen LogP contribution in [0.15, 0.2) is 6.07 Å². The molecule has 0 aliphatic carbocycles. The molecule has 0 aromatic carbocycles. The van der Waals surface area contributed by atoms with E-state index in [9.17, 15) is 4.79 Å². The second-order valence-corrected chi connectivity index (χ2v) is 6.35. The van der Waals surface area contributed by atoms with Crippen molar-refractivity contribution in [2.24, 2.45) is 0 Å². The zero-order valence-corrected chi connectivity index (χ0v) is 14.2. The summed E-state index contributed by atoms with van der Waals surface area (Å²) < 4.78 is 0. The predicted octanol–water partition coefficient (Wildman–Crippen LogP) is 3.12.